The zero-order chi connectivity index (χ0) is 82.3. The number of carbonyl (C=O) groups is 11. The first-order valence-corrected chi connectivity index (χ1v) is 40.1. The zero-order valence-corrected chi connectivity index (χ0v) is 68.8. The highest BCUT2D eigenvalue weighted by Crippen LogP contribution is 2.38. The minimum absolute atomic E-state index is 0.00609. The van der Waals surface area contributed by atoms with Gasteiger partial charge in [-0.05, 0) is 80.5 Å². The Morgan fingerprint density at radius 2 is 0.820 bits per heavy atom. The lowest BCUT2D eigenvalue weighted by Crippen LogP contribution is -2.58. The Kier molecular flexibility index (Phi) is 46.1. The van der Waals surface area contributed by atoms with E-state index < -0.39 is 96.8 Å². The summed E-state index contributed by atoms with van der Waals surface area (Å²) in [7, 11) is 0. The molecule has 0 bridgehead atoms. The molecule has 8 N–H and O–H groups in total. The third-order valence-corrected chi connectivity index (χ3v) is 21.7. The Labute approximate surface area is 656 Å². The molecule has 0 radical (unpaired) electrons. The van der Waals surface area contributed by atoms with Gasteiger partial charge in [-0.1, -0.05) is 76.2 Å². The molecule has 4 unspecified atom stereocenters. The largest absolute Gasteiger partial charge is 0.463 e. The van der Waals surface area contributed by atoms with E-state index in [1.165, 1.54) is 34.6 Å². The van der Waals surface area contributed by atoms with E-state index in [0.717, 1.165) is 6.42 Å². The Hall–Kier alpha value is -5.95. The number of hydrogen-bond donors (Lipinski definition) is 7. The van der Waals surface area contributed by atoms with E-state index in [1.54, 1.807) is 0 Å². The second kappa shape index (κ2) is 52.5. The van der Waals surface area contributed by atoms with Crippen LogP contribution in [0, 0.1) is 53.3 Å². The van der Waals surface area contributed by atoms with Crippen molar-refractivity contribution in [3.8, 4) is 0 Å². The molecule has 33 nitrogen and oxygen atoms in total. The number of carbonyl (C=O) groups excluding carboxylic acids is 11. The van der Waals surface area contributed by atoms with Gasteiger partial charge in [-0.2, -0.15) is 0 Å². The summed E-state index contributed by atoms with van der Waals surface area (Å²) in [5.74, 6) is -4.36. The van der Waals surface area contributed by atoms with E-state index >= 15 is 0 Å². The smallest absolute Gasteiger partial charge is 0.303 e. The van der Waals surface area contributed by atoms with Crippen LogP contribution in [0.3, 0.4) is 0 Å². The summed E-state index contributed by atoms with van der Waals surface area (Å²) in [5.41, 5.74) is 6.41. The number of amides is 6. The number of ether oxygens (including phenoxy) is 15. The van der Waals surface area contributed by atoms with Crippen molar-refractivity contribution < 1.29 is 124 Å². The van der Waals surface area contributed by atoms with Gasteiger partial charge in [-0.15, -0.1) is 0 Å². The third-order valence-electron chi connectivity index (χ3n) is 21.7. The minimum Gasteiger partial charge on any atom is -0.463 e. The second-order valence-corrected chi connectivity index (χ2v) is 30.0. The Balaban J connectivity index is 1.34. The molecule has 4 saturated heterocycles. The number of hydrogen-bond acceptors (Lipinski definition) is 27. The molecule has 6 amide bonds. The number of nitrogens with one attached hydrogen (secondary N) is 6. The summed E-state index contributed by atoms with van der Waals surface area (Å²) in [5, 5.41) is 16.8. The molecule has 0 aromatic carbocycles. The number of rotatable bonds is 53. The fourth-order valence-electron chi connectivity index (χ4n) is 14.0. The molecular weight excluding hydrogens is 1450 g/mol. The summed E-state index contributed by atoms with van der Waals surface area (Å²) < 4.78 is 88.1. The van der Waals surface area contributed by atoms with E-state index in [4.69, 9.17) is 76.8 Å². The van der Waals surface area contributed by atoms with Gasteiger partial charge in [0.25, 0.3) is 0 Å². The Morgan fingerprint density at radius 3 is 1.32 bits per heavy atom. The SMILES string of the molecule is CC[C@H]1OC(OCCOCCNC(=O)CC[C@@H](NC(=O)CC[C@@H](N)C(=O)N[C@H](CCC(=O)CCCOCCOC2O[C@H](CC)[C@H](OC(C)=O)[C@H](C)[C@H]2C)C(=O)NCCOCCOC2O[C@H](COC(C)=O)[C@H](C)[C@H](C)[C@H]2C)C(=O)CCCOCCOC2O[C@H](COC(C)=O)[C@H](C)[C@H](C)[C@H]2NC(C)=O)[C@H](NC(C)=O)[C@@H](C)[C@H]1C. The lowest BCUT2D eigenvalue weighted by atomic mass is 9.79. The fourth-order valence-corrected chi connectivity index (χ4v) is 14.0. The molecule has 0 aromatic heterocycles. The summed E-state index contributed by atoms with van der Waals surface area (Å²) in [6, 6.07) is -4.56. The maximum absolute atomic E-state index is 14.0. The number of ketones is 2. The second-order valence-electron chi connectivity index (χ2n) is 30.0. The molecule has 0 spiro atoms. The zero-order valence-electron chi connectivity index (χ0n) is 68.8. The minimum atomic E-state index is -1.33. The highest BCUT2D eigenvalue weighted by Gasteiger charge is 2.46. The van der Waals surface area contributed by atoms with Crippen molar-refractivity contribution in [1.29, 1.82) is 0 Å². The van der Waals surface area contributed by atoms with Crippen molar-refractivity contribution >= 4 is 64.9 Å². The maximum atomic E-state index is 14.0. The molecule has 4 rings (SSSR count). The Morgan fingerprint density at radius 1 is 0.387 bits per heavy atom. The van der Waals surface area contributed by atoms with E-state index in [-0.39, 0.29) is 271 Å². The molecule has 33 heteroatoms. The molecule has 0 aromatic rings. The van der Waals surface area contributed by atoms with Gasteiger partial charge in [-0.25, -0.2) is 0 Å². The van der Waals surface area contributed by atoms with E-state index in [2.05, 4.69) is 52.7 Å². The monoisotopic (exact) mass is 1590 g/mol. The van der Waals surface area contributed by atoms with Gasteiger partial charge < -0.3 is 109 Å². The molecule has 4 heterocycles. The number of nitrogens with two attached hydrogens (primary N) is 1. The first-order chi connectivity index (χ1) is 52.8. The molecule has 4 aliphatic rings. The van der Waals surface area contributed by atoms with E-state index in [0.29, 0.717) is 12.8 Å². The average molecular weight is 1590 g/mol. The number of Topliss-reactive ketones (excluding diaryl/α,β-unsaturated/α-hetero) is 2. The van der Waals surface area contributed by atoms with Crippen LogP contribution in [-0.4, -0.2) is 256 Å². The van der Waals surface area contributed by atoms with Crippen molar-refractivity contribution in [2.45, 2.75) is 274 Å². The van der Waals surface area contributed by atoms with E-state index in [9.17, 15) is 52.7 Å². The molecule has 4 fully saturated rings. The summed E-state index contributed by atoms with van der Waals surface area (Å²) in [4.78, 5) is 141. The first-order valence-electron chi connectivity index (χ1n) is 40.1. The van der Waals surface area contributed by atoms with Gasteiger partial charge in [0, 0.05) is 111 Å². The molecule has 23 atom stereocenters. The molecule has 4 aliphatic heterocycles. The van der Waals surface area contributed by atoms with Gasteiger partial charge >= 0.3 is 17.9 Å². The highest BCUT2D eigenvalue weighted by molar-refractivity contribution is 5.92. The standard InChI is InChI=1S/C78H135N7O26/c1-17-64-47(5)49(7)70(82-54(12)86)77(108-64)103-42-38-99-33-29-80-68(93)28-26-61(63(92)22-20-32-98-36-41-104-78-71(83-55(13)87)50(8)48(6)67(111-78)44-106-57(15)89)84-69(94)27-24-60(79)73(95)85-62(74(96)81-30-34-100-37-40-101-75-52(10)45(3)46(4)66(110-75)43-105-56(14)88)25-23-59(91)21-19-31-97-35-39-102-76-53(11)51(9)72(107-58(16)90)65(18-2)109-76/h45-53,60-62,64-67,70-72,75-78H,17-44,79H2,1-16H3,(H,80,93)(H,81,96)(H,82,86)(H,83,87)(H,84,94)(H,85,95)/t45-,46+,47+,48+,49-,50-,51+,52+,53+,60+,61+,62+,64+,65+,66+,67+,70+,71+,72+,75?,76?,77?,78?/m0/s1. The van der Waals surface area contributed by atoms with Crippen LogP contribution < -0.4 is 37.6 Å². The normalized spacial score (nSPS) is 28.8. The molecular formula is C78H135N7O26. The van der Waals surface area contributed by atoms with E-state index in [1.807, 2.05) is 55.4 Å². The van der Waals surface area contributed by atoms with Gasteiger partial charge in [0.2, 0.25) is 35.4 Å². The third kappa shape index (κ3) is 35.4. The van der Waals surface area contributed by atoms with Gasteiger partial charge in [-0.3, -0.25) is 52.7 Å². The van der Waals surface area contributed by atoms with Crippen LogP contribution in [0.15, 0.2) is 0 Å². The van der Waals surface area contributed by atoms with Gasteiger partial charge in [0.1, 0.15) is 31.1 Å². The van der Waals surface area contributed by atoms with Crippen LogP contribution in [0.1, 0.15) is 188 Å². The topological polar surface area (TPSA) is 424 Å². The Bertz CT molecular complexity index is 2840. The first kappa shape index (κ1) is 97.4. The van der Waals surface area contributed by atoms with Crippen LogP contribution >= 0.6 is 0 Å². The summed E-state index contributed by atoms with van der Waals surface area (Å²) >= 11 is 0. The summed E-state index contributed by atoms with van der Waals surface area (Å²) in [6.07, 6.45) is -3.19. The van der Waals surface area contributed by atoms with Gasteiger partial charge in [0.05, 0.1) is 115 Å². The quantitative estimate of drug-likeness (QED) is 0.0255. The van der Waals surface area contributed by atoms with Gasteiger partial charge in [0.15, 0.2) is 30.9 Å². The molecule has 111 heavy (non-hydrogen) atoms. The predicted molar refractivity (Wildman–Crippen MR) is 403 cm³/mol. The maximum Gasteiger partial charge on any atom is 0.303 e. The van der Waals surface area contributed by atoms with Crippen LogP contribution in [0.5, 0.6) is 0 Å². The van der Waals surface area contributed by atoms with Crippen molar-refractivity contribution in [2.24, 2.45) is 59.0 Å². The number of esters is 3. The fraction of sp³-hybridized carbons (Fsp3) is 0.859. The average Bonchev–Trinajstić information content (AvgIpc) is 0.816. The van der Waals surface area contributed by atoms with Crippen LogP contribution in [0.2, 0.25) is 0 Å². The lowest BCUT2D eigenvalue weighted by molar-refractivity contribution is -0.269. The van der Waals surface area contributed by atoms with Crippen LogP contribution in [-0.2, 0) is 124 Å². The van der Waals surface area contributed by atoms with Crippen molar-refractivity contribution in [2.75, 3.05) is 106 Å². The molecule has 0 saturated carbocycles. The summed E-state index contributed by atoms with van der Waals surface area (Å²) in [6.45, 7) is 31.1. The van der Waals surface area contributed by atoms with Crippen LogP contribution in [0.4, 0.5) is 0 Å². The predicted octanol–water partition coefficient (Wildman–Crippen LogP) is 4.20. The molecule has 0 aliphatic carbocycles. The van der Waals surface area contributed by atoms with Crippen molar-refractivity contribution in [3.05, 3.63) is 0 Å². The highest BCUT2D eigenvalue weighted by atomic mass is 16.7. The lowest BCUT2D eigenvalue weighted by Gasteiger charge is -2.44. The van der Waals surface area contributed by atoms with Crippen LogP contribution in [0.25, 0.3) is 0 Å². The van der Waals surface area contributed by atoms with Crippen molar-refractivity contribution in [1.82, 2.24) is 31.9 Å². The molecule has 638 valence electrons. The van der Waals surface area contributed by atoms with Crippen molar-refractivity contribution in [3.63, 3.8) is 0 Å².